The summed E-state index contributed by atoms with van der Waals surface area (Å²) >= 11 is 0. The molecule has 0 aliphatic carbocycles. The molecular weight excluding hydrogens is 263 g/mol. The lowest BCUT2D eigenvalue weighted by Gasteiger charge is -2.14. The molecule has 0 spiro atoms. The Morgan fingerprint density at radius 3 is 2.39 bits per heavy atom. The fourth-order valence-corrected chi connectivity index (χ4v) is 2.51. The van der Waals surface area contributed by atoms with E-state index in [9.17, 15) is 12.8 Å². The van der Waals surface area contributed by atoms with E-state index in [4.69, 9.17) is 15.9 Å². The minimum Gasteiger partial charge on any atom is -0.398 e. The molecule has 1 rings (SSSR count). The number of aliphatic hydroxyl groups excluding tert-OH is 2. The third kappa shape index (κ3) is 3.16. The number of aliphatic hydroxyl groups is 2. The highest BCUT2D eigenvalue weighted by atomic mass is 32.2. The lowest BCUT2D eigenvalue weighted by Crippen LogP contribution is -2.40. The van der Waals surface area contributed by atoms with Crippen molar-refractivity contribution in [1.29, 1.82) is 0 Å². The molecule has 5 N–H and O–H groups in total. The molecule has 0 aromatic heterocycles. The van der Waals surface area contributed by atoms with Gasteiger partial charge in [-0.1, -0.05) is 0 Å². The highest BCUT2D eigenvalue weighted by molar-refractivity contribution is 7.89. The van der Waals surface area contributed by atoms with E-state index in [0.717, 1.165) is 12.1 Å². The fourth-order valence-electron chi connectivity index (χ4n) is 1.25. The third-order valence-electron chi connectivity index (χ3n) is 2.43. The SMILES string of the molecule is Cc1c(N)cc(S(=O)(=O)NC(CO)CO)cc1F. The van der Waals surface area contributed by atoms with Crippen molar-refractivity contribution >= 4 is 15.7 Å². The van der Waals surface area contributed by atoms with Crippen molar-refractivity contribution in [3.63, 3.8) is 0 Å². The van der Waals surface area contributed by atoms with Gasteiger partial charge in [-0.3, -0.25) is 0 Å². The van der Waals surface area contributed by atoms with Crippen LogP contribution in [0.1, 0.15) is 5.56 Å². The van der Waals surface area contributed by atoms with Crippen molar-refractivity contribution in [2.24, 2.45) is 0 Å². The van der Waals surface area contributed by atoms with Crippen LogP contribution in [0.4, 0.5) is 10.1 Å². The van der Waals surface area contributed by atoms with Gasteiger partial charge in [0.25, 0.3) is 0 Å². The summed E-state index contributed by atoms with van der Waals surface area (Å²) in [6.07, 6.45) is 0. The molecule has 1 aromatic carbocycles. The number of benzene rings is 1. The number of nitrogens with two attached hydrogens (primary N) is 1. The van der Waals surface area contributed by atoms with Crippen LogP contribution in [-0.2, 0) is 10.0 Å². The molecule has 8 heteroatoms. The maximum absolute atomic E-state index is 13.4. The van der Waals surface area contributed by atoms with Crippen molar-refractivity contribution in [3.8, 4) is 0 Å². The number of hydrogen-bond donors (Lipinski definition) is 4. The third-order valence-corrected chi connectivity index (χ3v) is 3.93. The largest absolute Gasteiger partial charge is 0.398 e. The fraction of sp³-hybridized carbons (Fsp3) is 0.400. The second-order valence-electron chi connectivity index (χ2n) is 3.80. The molecular formula is C10H15FN2O4S. The molecule has 0 saturated heterocycles. The van der Waals surface area contributed by atoms with E-state index in [2.05, 4.69) is 0 Å². The van der Waals surface area contributed by atoms with E-state index >= 15 is 0 Å². The van der Waals surface area contributed by atoms with Crippen LogP contribution in [0.5, 0.6) is 0 Å². The van der Waals surface area contributed by atoms with Gasteiger partial charge in [-0.15, -0.1) is 0 Å². The second-order valence-corrected chi connectivity index (χ2v) is 5.52. The summed E-state index contributed by atoms with van der Waals surface area (Å²) in [6, 6.07) is 0.910. The molecule has 1 aromatic rings. The zero-order chi connectivity index (χ0) is 13.9. The minimum atomic E-state index is -4.04. The highest BCUT2D eigenvalue weighted by Gasteiger charge is 2.21. The van der Waals surface area contributed by atoms with E-state index in [1.165, 1.54) is 6.92 Å². The maximum Gasteiger partial charge on any atom is 0.241 e. The summed E-state index contributed by atoms with van der Waals surface area (Å²) in [5, 5.41) is 17.6. The quantitative estimate of drug-likeness (QED) is 0.535. The predicted octanol–water partition coefficient (Wildman–Crippen LogP) is -0.652. The van der Waals surface area contributed by atoms with Crippen molar-refractivity contribution in [1.82, 2.24) is 4.72 Å². The molecule has 0 aliphatic heterocycles. The van der Waals surface area contributed by atoms with Gasteiger partial charge in [-0.2, -0.15) is 0 Å². The van der Waals surface area contributed by atoms with E-state index in [-0.39, 0.29) is 16.1 Å². The Morgan fingerprint density at radius 2 is 1.94 bits per heavy atom. The Hall–Kier alpha value is -1.22. The van der Waals surface area contributed by atoms with Crippen LogP contribution in [0.25, 0.3) is 0 Å². The molecule has 0 aliphatic rings. The summed E-state index contributed by atoms with van der Waals surface area (Å²) in [6.45, 7) is 0.290. The molecule has 0 atom stereocenters. The molecule has 0 bridgehead atoms. The zero-order valence-corrected chi connectivity index (χ0v) is 10.5. The first kappa shape index (κ1) is 14.8. The first-order valence-electron chi connectivity index (χ1n) is 5.11. The van der Waals surface area contributed by atoms with E-state index in [1.54, 1.807) is 0 Å². The molecule has 6 nitrogen and oxygen atoms in total. The molecule has 18 heavy (non-hydrogen) atoms. The van der Waals surface area contributed by atoms with Crippen LogP contribution < -0.4 is 10.5 Å². The Labute approximate surface area is 104 Å². The van der Waals surface area contributed by atoms with Crippen LogP contribution in [-0.4, -0.2) is 37.9 Å². The molecule has 102 valence electrons. The van der Waals surface area contributed by atoms with Gasteiger partial charge in [-0.25, -0.2) is 17.5 Å². The molecule has 0 amide bonds. The number of nitrogen functional groups attached to an aromatic ring is 1. The number of nitrogens with one attached hydrogen (secondary N) is 1. The molecule has 0 unspecified atom stereocenters. The van der Waals surface area contributed by atoms with E-state index in [1.807, 2.05) is 4.72 Å². The smallest absolute Gasteiger partial charge is 0.241 e. The average Bonchev–Trinajstić information content (AvgIpc) is 2.32. The monoisotopic (exact) mass is 278 g/mol. The van der Waals surface area contributed by atoms with Gasteiger partial charge in [-0.05, 0) is 19.1 Å². The highest BCUT2D eigenvalue weighted by Crippen LogP contribution is 2.20. The zero-order valence-electron chi connectivity index (χ0n) is 9.72. The molecule has 0 saturated carbocycles. The van der Waals surface area contributed by atoms with Crippen LogP contribution in [0.15, 0.2) is 17.0 Å². The number of rotatable bonds is 5. The Morgan fingerprint density at radius 1 is 1.39 bits per heavy atom. The van der Waals surface area contributed by atoms with Crippen LogP contribution in [0.3, 0.4) is 0 Å². The maximum atomic E-state index is 13.4. The van der Waals surface area contributed by atoms with E-state index in [0.29, 0.717) is 0 Å². The van der Waals surface area contributed by atoms with Gasteiger partial charge < -0.3 is 15.9 Å². The standard InChI is InChI=1S/C10H15FN2O4S/c1-6-9(11)2-8(3-10(6)12)18(16,17)13-7(4-14)5-15/h2-3,7,13-15H,4-5,12H2,1H3. The van der Waals surface area contributed by atoms with Gasteiger partial charge in [0.1, 0.15) is 5.82 Å². The van der Waals surface area contributed by atoms with Crippen molar-refractivity contribution in [2.75, 3.05) is 18.9 Å². The Kier molecular flexibility index (Phi) is 4.63. The topological polar surface area (TPSA) is 113 Å². The number of anilines is 1. The van der Waals surface area contributed by atoms with Gasteiger partial charge in [0.05, 0.1) is 24.2 Å². The second kappa shape index (κ2) is 5.61. The lowest BCUT2D eigenvalue weighted by molar-refractivity contribution is 0.185. The normalized spacial score (nSPS) is 12.1. The predicted molar refractivity (Wildman–Crippen MR) is 63.8 cm³/mol. The number of halogens is 1. The Balaban J connectivity index is 3.13. The summed E-state index contributed by atoms with van der Waals surface area (Å²) in [5.74, 6) is -0.736. The van der Waals surface area contributed by atoms with E-state index < -0.39 is 35.1 Å². The summed E-state index contributed by atoms with van der Waals surface area (Å²) in [7, 11) is -4.04. The number of hydrogen-bond acceptors (Lipinski definition) is 5. The van der Waals surface area contributed by atoms with Gasteiger partial charge >= 0.3 is 0 Å². The first-order chi connectivity index (χ1) is 8.31. The van der Waals surface area contributed by atoms with Crippen molar-refractivity contribution in [3.05, 3.63) is 23.5 Å². The number of sulfonamides is 1. The molecule has 0 heterocycles. The summed E-state index contributed by atoms with van der Waals surface area (Å²) < 4.78 is 39.1. The first-order valence-corrected chi connectivity index (χ1v) is 6.59. The average molecular weight is 278 g/mol. The molecule has 0 radical (unpaired) electrons. The Bertz CT molecular complexity index is 506. The summed E-state index contributed by atoms with van der Waals surface area (Å²) in [5.41, 5.74) is 5.66. The van der Waals surface area contributed by atoms with Crippen LogP contribution in [0.2, 0.25) is 0 Å². The van der Waals surface area contributed by atoms with Crippen molar-refractivity contribution in [2.45, 2.75) is 17.9 Å². The lowest BCUT2D eigenvalue weighted by atomic mass is 10.2. The minimum absolute atomic E-state index is 0.0138. The van der Waals surface area contributed by atoms with Gasteiger partial charge in [0.2, 0.25) is 10.0 Å². The summed E-state index contributed by atoms with van der Waals surface area (Å²) in [4.78, 5) is -0.352. The molecule has 0 fully saturated rings. The van der Waals surface area contributed by atoms with Crippen LogP contribution in [0, 0.1) is 12.7 Å². The van der Waals surface area contributed by atoms with Crippen molar-refractivity contribution < 1.29 is 23.0 Å². The van der Waals surface area contributed by atoms with Gasteiger partial charge in [0, 0.05) is 11.3 Å². The van der Waals surface area contributed by atoms with Gasteiger partial charge in [0.15, 0.2) is 0 Å². The van der Waals surface area contributed by atoms with Crippen LogP contribution >= 0.6 is 0 Å².